The van der Waals surface area contributed by atoms with E-state index in [1.165, 1.54) is 0 Å². The van der Waals surface area contributed by atoms with E-state index < -0.39 is 0 Å². The van der Waals surface area contributed by atoms with Crippen LogP contribution in [0, 0.1) is 0 Å². The number of halogens is 1. The van der Waals surface area contributed by atoms with Crippen molar-refractivity contribution in [3.63, 3.8) is 0 Å². The van der Waals surface area contributed by atoms with Crippen LogP contribution in [0.5, 0.6) is 0 Å². The maximum Gasteiger partial charge on any atom is 0.228 e. The fourth-order valence-electron chi connectivity index (χ4n) is 0.778. The molecule has 1 amide bonds. The molecule has 1 rings (SSSR count). The summed E-state index contributed by atoms with van der Waals surface area (Å²) in [5.74, 6) is 0.189. The molecule has 1 heterocycles. The number of amides is 1. The number of guanidine groups is 1. The minimum Gasteiger partial charge on any atom is -0.370 e. The second-order valence-corrected chi connectivity index (χ2v) is 2.12. The summed E-state index contributed by atoms with van der Waals surface area (Å²) in [5, 5.41) is 2.40. The Bertz CT molecular complexity index is 168. The number of carbonyl (C=O) groups excluding carboxylic acids is 1. The normalized spacial score (nSPS) is 24.3. The standard InChI is InChI=1S/C5H9N3O.ClH/c1-3-2-4(9)8-5(6)7-3;/h3H,2H2,1H3,(H3,6,7,8,9);1H. The lowest BCUT2D eigenvalue weighted by molar-refractivity contribution is -0.120. The molecule has 0 spiro atoms. The van der Waals surface area contributed by atoms with Crippen molar-refractivity contribution in [1.29, 1.82) is 0 Å². The summed E-state index contributed by atoms with van der Waals surface area (Å²) >= 11 is 0. The van der Waals surface area contributed by atoms with Crippen molar-refractivity contribution in [2.75, 3.05) is 0 Å². The highest BCUT2D eigenvalue weighted by Crippen LogP contribution is 1.99. The molecule has 0 aliphatic carbocycles. The van der Waals surface area contributed by atoms with E-state index in [4.69, 9.17) is 5.73 Å². The van der Waals surface area contributed by atoms with E-state index in [2.05, 4.69) is 10.3 Å². The molecular formula is C5H10ClN3O. The Balaban J connectivity index is 0.000000810. The van der Waals surface area contributed by atoms with Gasteiger partial charge in [-0.2, -0.15) is 0 Å². The molecule has 1 unspecified atom stereocenters. The maximum absolute atomic E-state index is 10.6. The zero-order valence-electron chi connectivity index (χ0n) is 5.63. The van der Waals surface area contributed by atoms with Gasteiger partial charge in [-0.25, -0.2) is 4.99 Å². The van der Waals surface area contributed by atoms with Crippen molar-refractivity contribution >= 4 is 24.3 Å². The highest BCUT2D eigenvalue weighted by molar-refractivity contribution is 5.98. The Morgan fingerprint density at radius 3 is 2.80 bits per heavy atom. The Morgan fingerprint density at radius 1 is 1.80 bits per heavy atom. The molecule has 0 fully saturated rings. The molecule has 58 valence electrons. The Labute approximate surface area is 65.3 Å². The lowest BCUT2D eigenvalue weighted by atomic mass is 10.2. The molecule has 1 atom stereocenters. The van der Waals surface area contributed by atoms with Crippen LogP contribution in [-0.2, 0) is 4.79 Å². The summed E-state index contributed by atoms with van der Waals surface area (Å²) < 4.78 is 0. The third-order valence-corrected chi connectivity index (χ3v) is 1.11. The van der Waals surface area contributed by atoms with Crippen LogP contribution in [0.4, 0.5) is 0 Å². The van der Waals surface area contributed by atoms with Gasteiger partial charge < -0.3 is 5.73 Å². The van der Waals surface area contributed by atoms with Crippen LogP contribution in [0.2, 0.25) is 0 Å². The smallest absolute Gasteiger partial charge is 0.228 e. The summed E-state index contributed by atoms with van der Waals surface area (Å²) in [6.45, 7) is 1.85. The van der Waals surface area contributed by atoms with Crippen molar-refractivity contribution in [3.8, 4) is 0 Å². The summed E-state index contributed by atoms with van der Waals surface area (Å²) in [6, 6.07) is 0.0405. The first-order valence-electron chi connectivity index (χ1n) is 2.81. The second kappa shape index (κ2) is 3.41. The van der Waals surface area contributed by atoms with Crippen molar-refractivity contribution in [2.24, 2.45) is 10.7 Å². The second-order valence-electron chi connectivity index (χ2n) is 2.12. The predicted molar refractivity (Wildman–Crippen MR) is 41.1 cm³/mol. The van der Waals surface area contributed by atoms with Crippen molar-refractivity contribution in [2.45, 2.75) is 19.4 Å². The van der Waals surface area contributed by atoms with Gasteiger partial charge in [0.1, 0.15) is 0 Å². The number of carbonyl (C=O) groups is 1. The van der Waals surface area contributed by atoms with Crippen LogP contribution < -0.4 is 11.1 Å². The van der Waals surface area contributed by atoms with E-state index >= 15 is 0 Å². The molecule has 4 nitrogen and oxygen atoms in total. The molecule has 0 aromatic rings. The van der Waals surface area contributed by atoms with Crippen LogP contribution in [0.25, 0.3) is 0 Å². The van der Waals surface area contributed by atoms with Gasteiger partial charge in [-0.1, -0.05) is 0 Å². The fraction of sp³-hybridized carbons (Fsp3) is 0.600. The molecule has 1 aliphatic heterocycles. The molecule has 5 heteroatoms. The monoisotopic (exact) mass is 163 g/mol. The largest absolute Gasteiger partial charge is 0.370 e. The number of rotatable bonds is 0. The molecule has 0 bridgehead atoms. The first-order valence-corrected chi connectivity index (χ1v) is 2.81. The summed E-state index contributed by atoms with van der Waals surface area (Å²) in [4.78, 5) is 14.5. The van der Waals surface area contributed by atoms with Crippen molar-refractivity contribution < 1.29 is 4.79 Å². The van der Waals surface area contributed by atoms with Gasteiger partial charge in [0.2, 0.25) is 5.91 Å². The average Bonchev–Trinajstić information content (AvgIpc) is 1.59. The maximum atomic E-state index is 10.6. The lowest BCUT2D eigenvalue weighted by Gasteiger charge is -2.13. The molecule has 0 aromatic heterocycles. The van der Waals surface area contributed by atoms with Crippen molar-refractivity contribution in [1.82, 2.24) is 5.32 Å². The minimum absolute atomic E-state index is 0. The minimum atomic E-state index is -0.0463. The number of hydrogen-bond acceptors (Lipinski definition) is 3. The topological polar surface area (TPSA) is 67.5 Å². The van der Waals surface area contributed by atoms with Gasteiger partial charge >= 0.3 is 0 Å². The number of hydrogen-bond donors (Lipinski definition) is 2. The van der Waals surface area contributed by atoms with Crippen LogP contribution in [0.3, 0.4) is 0 Å². The van der Waals surface area contributed by atoms with Crippen LogP contribution in [0.15, 0.2) is 4.99 Å². The SMILES string of the molecule is CC1CC(=O)NC(N)=N1.Cl. The Morgan fingerprint density at radius 2 is 2.40 bits per heavy atom. The number of nitrogens with two attached hydrogens (primary N) is 1. The first-order chi connectivity index (χ1) is 4.18. The predicted octanol–water partition coefficient (Wildman–Crippen LogP) is -0.369. The molecule has 1 aliphatic rings. The van der Waals surface area contributed by atoms with Crippen molar-refractivity contribution in [3.05, 3.63) is 0 Å². The highest BCUT2D eigenvalue weighted by atomic mass is 35.5. The van der Waals surface area contributed by atoms with Gasteiger partial charge in [0.05, 0.1) is 6.04 Å². The van der Waals surface area contributed by atoms with Gasteiger partial charge in [-0.15, -0.1) is 12.4 Å². The molecule has 0 saturated heterocycles. The van der Waals surface area contributed by atoms with Crippen LogP contribution in [-0.4, -0.2) is 17.9 Å². The van der Waals surface area contributed by atoms with E-state index in [0.29, 0.717) is 6.42 Å². The van der Waals surface area contributed by atoms with E-state index in [-0.39, 0.29) is 30.3 Å². The van der Waals surface area contributed by atoms with Crippen LogP contribution >= 0.6 is 12.4 Å². The van der Waals surface area contributed by atoms with E-state index in [1.54, 1.807) is 0 Å². The lowest BCUT2D eigenvalue weighted by Crippen LogP contribution is -2.42. The molecule has 3 N–H and O–H groups in total. The van der Waals surface area contributed by atoms with Crippen LogP contribution in [0.1, 0.15) is 13.3 Å². The zero-order valence-corrected chi connectivity index (χ0v) is 6.44. The third-order valence-electron chi connectivity index (χ3n) is 1.11. The van der Waals surface area contributed by atoms with E-state index in [1.807, 2.05) is 6.92 Å². The first kappa shape index (κ1) is 9.23. The Hall–Kier alpha value is -0.770. The van der Waals surface area contributed by atoms with Gasteiger partial charge in [-0.3, -0.25) is 10.1 Å². The third kappa shape index (κ3) is 2.23. The number of nitrogens with one attached hydrogen (secondary N) is 1. The molecule has 0 radical (unpaired) electrons. The fourth-order valence-corrected chi connectivity index (χ4v) is 0.778. The number of nitrogens with zero attached hydrogens (tertiary/aromatic N) is 1. The highest BCUT2D eigenvalue weighted by Gasteiger charge is 2.14. The average molecular weight is 164 g/mol. The summed E-state index contributed by atoms with van der Waals surface area (Å²) in [6.07, 6.45) is 0.445. The van der Waals surface area contributed by atoms with E-state index in [0.717, 1.165) is 0 Å². The van der Waals surface area contributed by atoms with E-state index in [9.17, 15) is 4.79 Å². The summed E-state index contributed by atoms with van der Waals surface area (Å²) in [7, 11) is 0. The molecule has 0 saturated carbocycles. The van der Waals surface area contributed by atoms with Gasteiger partial charge in [0.25, 0.3) is 0 Å². The van der Waals surface area contributed by atoms with Gasteiger partial charge in [0.15, 0.2) is 5.96 Å². The molecular weight excluding hydrogens is 154 g/mol. The summed E-state index contributed by atoms with van der Waals surface area (Å²) in [5.41, 5.74) is 5.23. The molecule has 0 aromatic carbocycles. The molecule has 10 heavy (non-hydrogen) atoms. The van der Waals surface area contributed by atoms with Gasteiger partial charge in [-0.05, 0) is 6.92 Å². The zero-order chi connectivity index (χ0) is 6.85. The quantitative estimate of drug-likeness (QED) is 0.512. The Kier molecular flexibility index (Phi) is 3.15. The number of aliphatic imine (C=N–C) groups is 1. The van der Waals surface area contributed by atoms with Gasteiger partial charge in [0, 0.05) is 6.42 Å².